The van der Waals surface area contributed by atoms with Crippen LogP contribution in [0.3, 0.4) is 0 Å². The van der Waals surface area contributed by atoms with Gasteiger partial charge in [-0.25, -0.2) is 4.98 Å². The molecule has 0 amide bonds. The minimum absolute atomic E-state index is 0.116. The SMILES string of the molecule is [2H]C([2H])([2H])n1c(-n2c3ccc(C(C)(C)C)cc3c3ccc(Oc4cc(N5CN(c6c(/C7=C/C=C\N/C=C\C=C/[B]7)cccc6/C6=C/C=C\N/C=C\C=C/[B]6)c6ccccc65)cc(C(C)(C)C)c4)cc32)nc2ccccc21. The zero-order chi connectivity index (χ0) is 52.8. The molecule has 358 valence electrons. The van der Waals surface area contributed by atoms with Crippen molar-refractivity contribution in [2.75, 3.05) is 16.5 Å². The lowest BCUT2D eigenvalue weighted by Crippen LogP contribution is -2.26. The fraction of sp³-hybridized carbons (Fsp3) is 0.159. The lowest BCUT2D eigenvalue weighted by molar-refractivity contribution is 0.479. The van der Waals surface area contributed by atoms with Crippen LogP contribution >= 0.6 is 0 Å². The van der Waals surface area contributed by atoms with Crippen molar-refractivity contribution >= 4 is 81.1 Å². The van der Waals surface area contributed by atoms with Gasteiger partial charge < -0.3 is 29.7 Å². The molecular formula is C63H59B2N7O. The van der Waals surface area contributed by atoms with Gasteiger partial charge in [0.15, 0.2) is 14.6 Å². The lowest BCUT2D eigenvalue weighted by atomic mass is 9.63. The first kappa shape index (κ1) is 43.4. The van der Waals surface area contributed by atoms with Crippen LogP contribution in [0.2, 0.25) is 0 Å². The van der Waals surface area contributed by atoms with Crippen LogP contribution in [0.5, 0.6) is 11.5 Å². The number of aryl methyl sites for hydroxylation is 1. The number of ether oxygens (including phenoxy) is 1. The van der Waals surface area contributed by atoms with E-state index in [4.69, 9.17) is 13.8 Å². The summed E-state index contributed by atoms with van der Waals surface area (Å²) >= 11 is 0. The Hall–Kier alpha value is -8.36. The van der Waals surface area contributed by atoms with Gasteiger partial charge in [0.1, 0.15) is 18.2 Å². The summed E-state index contributed by atoms with van der Waals surface area (Å²) in [6.07, 6.45) is 24.1. The molecule has 2 aromatic heterocycles. The van der Waals surface area contributed by atoms with Crippen molar-refractivity contribution in [3.63, 3.8) is 0 Å². The number of imidazole rings is 1. The summed E-state index contributed by atoms with van der Waals surface area (Å²) in [7, 11) is 4.34. The molecule has 0 atom stereocenters. The highest BCUT2D eigenvalue weighted by atomic mass is 16.5. The average Bonchev–Trinajstić information content (AvgIpc) is 4.14. The zero-order valence-corrected chi connectivity index (χ0v) is 42.1. The Bertz CT molecular complexity index is 3750. The van der Waals surface area contributed by atoms with E-state index in [9.17, 15) is 0 Å². The second kappa shape index (κ2) is 19.3. The quantitative estimate of drug-likeness (QED) is 0.155. The molecular weight excluding hydrogens is 892 g/mol. The topological polar surface area (TPSA) is 62.5 Å². The van der Waals surface area contributed by atoms with Crippen molar-refractivity contribution in [3.05, 3.63) is 229 Å². The number of allylic oxidation sites excluding steroid dienone is 8. The van der Waals surface area contributed by atoms with Gasteiger partial charge in [-0.1, -0.05) is 125 Å². The summed E-state index contributed by atoms with van der Waals surface area (Å²) in [5.74, 6) is 5.76. The van der Waals surface area contributed by atoms with Gasteiger partial charge in [0.05, 0.1) is 39.1 Å². The summed E-state index contributed by atoms with van der Waals surface area (Å²) in [5.41, 5.74) is 13.2. The maximum atomic E-state index is 8.76. The van der Waals surface area contributed by atoms with Crippen LogP contribution in [0.1, 0.15) is 67.9 Å². The molecule has 3 aliphatic heterocycles. The largest absolute Gasteiger partial charge is 0.457 e. The maximum Gasteiger partial charge on any atom is 0.215 e. The fourth-order valence-electron chi connectivity index (χ4n) is 9.87. The Balaban J connectivity index is 1.05. The molecule has 5 heterocycles. The van der Waals surface area contributed by atoms with E-state index >= 15 is 0 Å². The number of fused-ring (bicyclic) bond motifs is 5. The minimum atomic E-state index is -2.51. The number of nitrogens with zero attached hydrogens (tertiary/aromatic N) is 5. The minimum Gasteiger partial charge on any atom is -0.457 e. The van der Waals surface area contributed by atoms with Crippen molar-refractivity contribution in [3.8, 4) is 17.4 Å². The maximum absolute atomic E-state index is 8.76. The number of nitrogens with one attached hydrogen (secondary N) is 2. The van der Waals surface area contributed by atoms with E-state index in [0.29, 0.717) is 35.1 Å². The Morgan fingerprint density at radius 1 is 0.562 bits per heavy atom. The average molecular weight is 955 g/mol. The molecule has 8 nitrogen and oxygen atoms in total. The number of anilines is 4. The van der Waals surface area contributed by atoms with Gasteiger partial charge in [0.25, 0.3) is 0 Å². The molecule has 3 aliphatic rings. The van der Waals surface area contributed by atoms with Crippen LogP contribution in [0.15, 0.2) is 207 Å². The molecule has 8 aromatic rings. The number of hydrogen-bond donors (Lipinski definition) is 2. The van der Waals surface area contributed by atoms with Crippen LogP contribution in [0.25, 0.3) is 49.7 Å². The second-order valence-electron chi connectivity index (χ2n) is 20.6. The standard InChI is InChI=1S/C63H59B2N7O/c1-62(2,3)43-27-30-55-51(39-43)48-29-28-46(41-59(48)72(55)61-68-54-23-8-9-24-56(54)69(61)7)73-47-38-44(63(4,5)6)37-45(40-47)70-42-71(58-26-11-10-25-57(58)70)60-49(52-21-17-35-66-33-14-12-31-64-52)19-16-20-50(60)53-22-18-36-67-34-15-13-32-65-53/h8-41,66-67H,42H2,1-7H3/b31-12-,32-13-,33-14-,34-15-,35-17-,36-18-,52-21-,53-22-/i7D3. The van der Waals surface area contributed by atoms with Gasteiger partial charge in [-0.3, -0.25) is 4.57 Å². The Labute approximate surface area is 435 Å². The van der Waals surface area contributed by atoms with Crippen LogP contribution < -0.4 is 25.2 Å². The second-order valence-corrected chi connectivity index (χ2v) is 20.6. The molecule has 2 N–H and O–H groups in total. The molecule has 73 heavy (non-hydrogen) atoms. The zero-order valence-electron chi connectivity index (χ0n) is 45.1. The molecule has 6 aromatic carbocycles. The first-order valence-corrected chi connectivity index (χ1v) is 24.9. The molecule has 0 unspecified atom stereocenters. The van der Waals surface area contributed by atoms with E-state index < -0.39 is 6.98 Å². The molecule has 0 saturated heterocycles. The Kier molecular flexibility index (Phi) is 11.5. The van der Waals surface area contributed by atoms with Crippen molar-refractivity contribution in [2.24, 2.45) is 6.98 Å². The summed E-state index contributed by atoms with van der Waals surface area (Å²) in [6.45, 7) is 11.3. The monoisotopic (exact) mass is 955 g/mol. The van der Waals surface area contributed by atoms with Crippen molar-refractivity contribution in [1.82, 2.24) is 24.8 Å². The van der Waals surface area contributed by atoms with Crippen molar-refractivity contribution in [2.45, 2.75) is 52.4 Å². The predicted molar refractivity (Wildman–Crippen MR) is 310 cm³/mol. The Morgan fingerprint density at radius 3 is 1.90 bits per heavy atom. The number of hydrogen-bond acceptors (Lipinski definition) is 6. The van der Waals surface area contributed by atoms with E-state index in [2.05, 4.69) is 186 Å². The van der Waals surface area contributed by atoms with Crippen LogP contribution in [-0.2, 0) is 17.8 Å². The van der Waals surface area contributed by atoms with Crippen molar-refractivity contribution < 1.29 is 8.85 Å². The number of aromatic nitrogens is 3. The van der Waals surface area contributed by atoms with E-state index in [-0.39, 0.29) is 10.8 Å². The van der Waals surface area contributed by atoms with Crippen LogP contribution in [-0.4, -0.2) is 35.3 Å². The van der Waals surface area contributed by atoms with Gasteiger partial charge in [-0.15, -0.1) is 12.0 Å². The normalized spacial score (nSPS) is 19.8. The van der Waals surface area contributed by atoms with E-state index in [1.54, 1.807) is 0 Å². The molecule has 11 rings (SSSR count). The summed E-state index contributed by atoms with van der Waals surface area (Å²) in [6, 6.07) is 41.7. The summed E-state index contributed by atoms with van der Waals surface area (Å²) in [4.78, 5) is 9.84. The molecule has 0 bridgehead atoms. The fourth-order valence-corrected chi connectivity index (χ4v) is 9.87. The molecule has 0 spiro atoms. The summed E-state index contributed by atoms with van der Waals surface area (Å²) in [5, 5.41) is 8.44. The first-order chi connectivity index (χ1) is 36.6. The highest BCUT2D eigenvalue weighted by Crippen LogP contribution is 2.49. The number of rotatable bonds is 7. The molecule has 0 fully saturated rings. The summed E-state index contributed by atoms with van der Waals surface area (Å²) < 4.78 is 36.7. The van der Waals surface area contributed by atoms with Gasteiger partial charge in [0.2, 0.25) is 5.95 Å². The molecule has 2 radical (unpaired) electrons. The van der Waals surface area contributed by atoms with Gasteiger partial charge in [-0.05, 0) is 118 Å². The van der Waals surface area contributed by atoms with Crippen LogP contribution in [0, 0.1) is 0 Å². The first-order valence-electron chi connectivity index (χ1n) is 26.4. The molecule has 0 saturated carbocycles. The van der Waals surface area contributed by atoms with Gasteiger partial charge >= 0.3 is 0 Å². The van der Waals surface area contributed by atoms with Gasteiger partial charge in [-0.2, -0.15) is 0 Å². The van der Waals surface area contributed by atoms with E-state index in [1.807, 2.05) is 102 Å². The van der Waals surface area contributed by atoms with E-state index in [1.165, 1.54) is 10.1 Å². The third-order valence-electron chi connectivity index (χ3n) is 13.6. The van der Waals surface area contributed by atoms with E-state index in [0.717, 1.165) is 72.2 Å². The lowest BCUT2D eigenvalue weighted by Gasteiger charge is -2.29. The Morgan fingerprint density at radius 2 is 1.22 bits per heavy atom. The van der Waals surface area contributed by atoms with Crippen LogP contribution in [0.4, 0.5) is 22.7 Å². The van der Waals surface area contributed by atoms with Crippen molar-refractivity contribution in [1.29, 1.82) is 0 Å². The third kappa shape index (κ3) is 9.25. The predicted octanol–water partition coefficient (Wildman–Crippen LogP) is 14.7. The smallest absolute Gasteiger partial charge is 0.215 e. The highest BCUT2D eigenvalue weighted by Gasteiger charge is 2.33. The van der Waals surface area contributed by atoms with Gasteiger partial charge in [0, 0.05) is 64.5 Å². The third-order valence-corrected chi connectivity index (χ3v) is 13.6. The number of benzene rings is 6. The number of para-hydroxylation sites is 5. The highest BCUT2D eigenvalue weighted by molar-refractivity contribution is 6.67. The molecule has 10 heteroatoms. The molecule has 0 aliphatic carbocycles.